The van der Waals surface area contributed by atoms with Gasteiger partial charge < -0.3 is 9.47 Å². The van der Waals surface area contributed by atoms with E-state index in [1.807, 2.05) is 11.1 Å². The molecular weight excluding hydrogens is 338 g/mol. The van der Waals surface area contributed by atoms with Crippen molar-refractivity contribution in [1.29, 1.82) is 0 Å². The topological polar surface area (TPSA) is 72.3 Å². The van der Waals surface area contributed by atoms with Crippen LogP contribution < -0.4 is 0 Å². The summed E-state index contributed by atoms with van der Waals surface area (Å²) in [5, 5.41) is 0. The van der Waals surface area contributed by atoms with Crippen LogP contribution in [-0.2, 0) is 21.2 Å². The van der Waals surface area contributed by atoms with E-state index in [0.29, 0.717) is 18.8 Å². The van der Waals surface area contributed by atoms with E-state index in [-0.39, 0.29) is 23.3 Å². The molecule has 0 radical (unpaired) electrons. The fourth-order valence-electron chi connectivity index (χ4n) is 3.99. The molecule has 140 valence electrons. The van der Waals surface area contributed by atoms with Crippen molar-refractivity contribution in [3.05, 3.63) is 18.2 Å². The van der Waals surface area contributed by atoms with Crippen LogP contribution in [0.15, 0.2) is 12.4 Å². The molecule has 1 amide bonds. The third-order valence-corrected chi connectivity index (χ3v) is 7.34. The van der Waals surface area contributed by atoms with Gasteiger partial charge in [-0.25, -0.2) is 13.4 Å². The van der Waals surface area contributed by atoms with Gasteiger partial charge in [0.05, 0.1) is 11.5 Å². The SMILES string of the molecule is CCCCn1ccnc1C1CCN(C(=O)C[C@H]2CCS(=O)(=O)C2)CC1. The molecule has 3 heterocycles. The van der Waals surface area contributed by atoms with Crippen molar-refractivity contribution in [2.75, 3.05) is 24.6 Å². The first kappa shape index (κ1) is 18.4. The van der Waals surface area contributed by atoms with E-state index in [0.717, 1.165) is 44.7 Å². The van der Waals surface area contributed by atoms with Gasteiger partial charge in [-0.15, -0.1) is 0 Å². The molecule has 2 saturated heterocycles. The van der Waals surface area contributed by atoms with Crippen LogP contribution in [0.25, 0.3) is 0 Å². The summed E-state index contributed by atoms with van der Waals surface area (Å²) in [6, 6.07) is 0. The predicted molar refractivity (Wildman–Crippen MR) is 97.1 cm³/mol. The predicted octanol–water partition coefficient (Wildman–Crippen LogP) is 2.21. The average molecular weight is 368 g/mol. The second-order valence-electron chi connectivity index (χ2n) is 7.46. The number of carbonyl (C=O) groups is 1. The van der Waals surface area contributed by atoms with Crippen LogP contribution in [-0.4, -0.2) is 53.4 Å². The number of piperidine rings is 1. The largest absolute Gasteiger partial charge is 0.343 e. The summed E-state index contributed by atoms with van der Waals surface area (Å²) in [4.78, 5) is 18.9. The molecular formula is C18H29N3O3S. The lowest BCUT2D eigenvalue weighted by atomic mass is 9.95. The number of nitrogens with zero attached hydrogens (tertiary/aromatic N) is 3. The Bertz CT molecular complexity index is 690. The number of sulfone groups is 1. The van der Waals surface area contributed by atoms with Crippen molar-refractivity contribution in [1.82, 2.24) is 14.5 Å². The minimum absolute atomic E-state index is 0.0168. The van der Waals surface area contributed by atoms with E-state index >= 15 is 0 Å². The molecule has 6 nitrogen and oxygen atoms in total. The molecule has 7 heteroatoms. The second kappa shape index (κ2) is 7.89. The van der Waals surface area contributed by atoms with Crippen LogP contribution in [0.2, 0.25) is 0 Å². The maximum absolute atomic E-state index is 12.5. The highest BCUT2D eigenvalue weighted by Crippen LogP contribution is 2.29. The van der Waals surface area contributed by atoms with Gasteiger partial charge >= 0.3 is 0 Å². The van der Waals surface area contributed by atoms with Gasteiger partial charge in [-0.05, 0) is 31.6 Å². The van der Waals surface area contributed by atoms with E-state index in [1.54, 1.807) is 0 Å². The third kappa shape index (κ3) is 4.63. The van der Waals surface area contributed by atoms with Gasteiger partial charge in [0.2, 0.25) is 5.91 Å². The molecule has 25 heavy (non-hydrogen) atoms. The Morgan fingerprint density at radius 1 is 1.28 bits per heavy atom. The van der Waals surface area contributed by atoms with Crippen LogP contribution >= 0.6 is 0 Å². The molecule has 0 spiro atoms. The van der Waals surface area contributed by atoms with Gasteiger partial charge in [0.1, 0.15) is 5.82 Å². The molecule has 0 saturated carbocycles. The molecule has 3 rings (SSSR count). The van der Waals surface area contributed by atoms with E-state index < -0.39 is 9.84 Å². The zero-order valence-electron chi connectivity index (χ0n) is 15.1. The van der Waals surface area contributed by atoms with Crippen molar-refractivity contribution in [2.24, 2.45) is 5.92 Å². The Balaban J connectivity index is 1.50. The molecule has 1 atom stereocenters. The summed E-state index contributed by atoms with van der Waals surface area (Å²) in [6.45, 7) is 4.71. The number of unbranched alkanes of at least 4 members (excludes halogenated alkanes) is 1. The summed E-state index contributed by atoms with van der Waals surface area (Å²) in [5.41, 5.74) is 0. The van der Waals surface area contributed by atoms with Crippen LogP contribution in [0.5, 0.6) is 0 Å². The molecule has 1 aromatic rings. The van der Waals surface area contributed by atoms with Gasteiger partial charge in [-0.1, -0.05) is 13.3 Å². The summed E-state index contributed by atoms with van der Waals surface area (Å²) in [7, 11) is -2.90. The van der Waals surface area contributed by atoms with Gasteiger partial charge in [0.25, 0.3) is 0 Å². The lowest BCUT2D eigenvalue weighted by Crippen LogP contribution is -2.39. The van der Waals surface area contributed by atoms with Crippen molar-refractivity contribution >= 4 is 15.7 Å². The third-order valence-electron chi connectivity index (χ3n) is 5.50. The quantitative estimate of drug-likeness (QED) is 0.773. The van der Waals surface area contributed by atoms with E-state index in [4.69, 9.17) is 0 Å². The van der Waals surface area contributed by atoms with Crippen molar-refractivity contribution in [3.8, 4) is 0 Å². The average Bonchev–Trinajstić information content (AvgIpc) is 3.19. The van der Waals surface area contributed by atoms with E-state index in [1.165, 1.54) is 6.42 Å². The van der Waals surface area contributed by atoms with Gasteiger partial charge in [-0.3, -0.25) is 4.79 Å². The number of likely N-dealkylation sites (tertiary alicyclic amines) is 1. The number of aryl methyl sites for hydroxylation is 1. The Labute approximate surface area is 150 Å². The molecule has 2 fully saturated rings. The Morgan fingerprint density at radius 2 is 2.04 bits per heavy atom. The summed E-state index contributed by atoms with van der Waals surface area (Å²) >= 11 is 0. The van der Waals surface area contributed by atoms with Crippen LogP contribution in [0, 0.1) is 5.92 Å². The number of amides is 1. The molecule has 1 aromatic heterocycles. The van der Waals surface area contributed by atoms with Gasteiger partial charge in [0.15, 0.2) is 9.84 Å². The normalized spacial score (nSPS) is 23.9. The molecule has 2 aliphatic heterocycles. The van der Waals surface area contributed by atoms with Crippen molar-refractivity contribution in [2.45, 2.75) is 57.9 Å². The number of hydrogen-bond donors (Lipinski definition) is 0. The first-order valence-electron chi connectivity index (χ1n) is 9.47. The zero-order chi connectivity index (χ0) is 17.9. The second-order valence-corrected chi connectivity index (χ2v) is 9.69. The maximum Gasteiger partial charge on any atom is 0.222 e. The zero-order valence-corrected chi connectivity index (χ0v) is 15.9. The molecule has 2 aliphatic rings. The maximum atomic E-state index is 12.5. The number of aromatic nitrogens is 2. The Kier molecular flexibility index (Phi) is 5.81. The lowest BCUT2D eigenvalue weighted by molar-refractivity contribution is -0.133. The highest BCUT2D eigenvalue weighted by Gasteiger charge is 2.32. The number of hydrogen-bond acceptors (Lipinski definition) is 4. The van der Waals surface area contributed by atoms with Crippen LogP contribution in [0.4, 0.5) is 0 Å². The first-order chi connectivity index (χ1) is 12.0. The summed E-state index contributed by atoms with van der Waals surface area (Å²) in [6.07, 6.45) is 9.17. The molecule has 0 aliphatic carbocycles. The Morgan fingerprint density at radius 3 is 2.68 bits per heavy atom. The Hall–Kier alpha value is -1.37. The molecule has 0 aromatic carbocycles. The van der Waals surface area contributed by atoms with Crippen LogP contribution in [0.1, 0.15) is 57.2 Å². The first-order valence-corrected chi connectivity index (χ1v) is 11.3. The molecule has 0 unspecified atom stereocenters. The number of rotatable bonds is 6. The number of carbonyl (C=O) groups excluding carboxylic acids is 1. The fraction of sp³-hybridized carbons (Fsp3) is 0.778. The molecule has 0 bridgehead atoms. The van der Waals surface area contributed by atoms with Crippen molar-refractivity contribution in [3.63, 3.8) is 0 Å². The van der Waals surface area contributed by atoms with Gasteiger partial charge in [0, 0.05) is 44.4 Å². The smallest absolute Gasteiger partial charge is 0.222 e. The van der Waals surface area contributed by atoms with Gasteiger partial charge in [-0.2, -0.15) is 0 Å². The highest BCUT2D eigenvalue weighted by atomic mass is 32.2. The van der Waals surface area contributed by atoms with Crippen molar-refractivity contribution < 1.29 is 13.2 Å². The van der Waals surface area contributed by atoms with Crippen LogP contribution in [0.3, 0.4) is 0 Å². The van der Waals surface area contributed by atoms with E-state index in [9.17, 15) is 13.2 Å². The number of imidazole rings is 1. The molecule has 0 N–H and O–H groups in total. The minimum Gasteiger partial charge on any atom is -0.343 e. The standard InChI is InChI=1S/C18H29N3O3S/c1-2-3-8-21-11-7-19-18(21)16-4-9-20(10-5-16)17(22)13-15-6-12-25(23,24)14-15/h7,11,15-16H,2-6,8-10,12-14H2,1H3/t15-/m1/s1. The summed E-state index contributed by atoms with van der Waals surface area (Å²) < 4.78 is 25.4. The highest BCUT2D eigenvalue weighted by molar-refractivity contribution is 7.91. The lowest BCUT2D eigenvalue weighted by Gasteiger charge is -2.32. The fourth-order valence-corrected chi connectivity index (χ4v) is 5.86. The summed E-state index contributed by atoms with van der Waals surface area (Å²) in [5.74, 6) is 2.14. The van der Waals surface area contributed by atoms with E-state index in [2.05, 4.69) is 22.7 Å². The monoisotopic (exact) mass is 367 g/mol. The minimum atomic E-state index is -2.90.